The molecule has 32 heavy (non-hydrogen) atoms. The SMILES string of the molecule is COc1cc(/C=C2/C(=O)N(C3CCCCC3)C(=S)N2C)cc(Br)c1OCc1ccccc1. The van der Waals surface area contributed by atoms with Crippen molar-refractivity contribution in [3.8, 4) is 11.5 Å². The third kappa shape index (κ3) is 4.69. The lowest BCUT2D eigenvalue weighted by molar-refractivity contribution is -0.124. The Labute approximate surface area is 203 Å². The summed E-state index contributed by atoms with van der Waals surface area (Å²) in [5, 5.41) is 0.585. The van der Waals surface area contributed by atoms with Gasteiger partial charge >= 0.3 is 0 Å². The van der Waals surface area contributed by atoms with Crippen molar-refractivity contribution in [1.29, 1.82) is 0 Å². The second kappa shape index (κ2) is 10.0. The minimum absolute atomic E-state index is 0.0242. The molecule has 5 nitrogen and oxygen atoms in total. The van der Waals surface area contributed by atoms with Gasteiger partial charge in [0, 0.05) is 13.1 Å². The molecule has 168 valence electrons. The minimum atomic E-state index is -0.0242. The quantitative estimate of drug-likeness (QED) is 0.361. The number of carbonyl (C=O) groups is 1. The minimum Gasteiger partial charge on any atom is -0.493 e. The number of rotatable bonds is 6. The number of ether oxygens (including phenoxy) is 2. The predicted octanol–water partition coefficient (Wildman–Crippen LogP) is 5.77. The Balaban J connectivity index is 1.58. The zero-order chi connectivity index (χ0) is 22.7. The molecule has 0 radical (unpaired) electrons. The maximum absolute atomic E-state index is 13.3. The Hall–Kier alpha value is -2.38. The van der Waals surface area contributed by atoms with Crippen LogP contribution in [0.3, 0.4) is 0 Å². The molecule has 0 unspecified atom stereocenters. The molecule has 1 aliphatic carbocycles. The second-order valence-corrected chi connectivity index (χ2v) is 9.37. The van der Waals surface area contributed by atoms with E-state index in [0.717, 1.165) is 41.3 Å². The van der Waals surface area contributed by atoms with E-state index in [2.05, 4.69) is 15.9 Å². The molecule has 1 heterocycles. The second-order valence-electron chi connectivity index (χ2n) is 8.15. The Morgan fingerprint density at radius 2 is 1.88 bits per heavy atom. The molecule has 2 aromatic rings. The fourth-order valence-electron chi connectivity index (χ4n) is 4.29. The predicted molar refractivity (Wildman–Crippen MR) is 134 cm³/mol. The molecule has 0 bridgehead atoms. The van der Waals surface area contributed by atoms with Crippen LogP contribution in [-0.4, -0.2) is 41.0 Å². The summed E-state index contributed by atoms with van der Waals surface area (Å²) in [6.45, 7) is 0.433. The average molecular weight is 515 g/mol. The summed E-state index contributed by atoms with van der Waals surface area (Å²) in [6.07, 6.45) is 7.42. The molecule has 0 spiro atoms. The number of amides is 1. The van der Waals surface area contributed by atoms with Crippen molar-refractivity contribution >= 4 is 45.2 Å². The monoisotopic (exact) mass is 514 g/mol. The Kier molecular flexibility index (Phi) is 7.16. The van der Waals surface area contributed by atoms with Gasteiger partial charge in [0.05, 0.1) is 11.6 Å². The van der Waals surface area contributed by atoms with Gasteiger partial charge in [-0.3, -0.25) is 9.69 Å². The zero-order valence-corrected chi connectivity index (χ0v) is 20.7. The number of hydrogen-bond acceptors (Lipinski definition) is 4. The third-order valence-corrected chi connectivity index (χ3v) is 7.07. The van der Waals surface area contributed by atoms with E-state index in [9.17, 15) is 4.79 Å². The molecular formula is C25H27BrN2O3S. The van der Waals surface area contributed by atoms with Gasteiger partial charge in [0.1, 0.15) is 12.3 Å². The lowest BCUT2D eigenvalue weighted by Crippen LogP contribution is -2.41. The molecule has 0 aromatic heterocycles. The van der Waals surface area contributed by atoms with Gasteiger partial charge < -0.3 is 14.4 Å². The van der Waals surface area contributed by atoms with Crippen LogP contribution in [0.25, 0.3) is 6.08 Å². The van der Waals surface area contributed by atoms with Gasteiger partial charge in [-0.15, -0.1) is 0 Å². The first-order chi connectivity index (χ1) is 15.5. The van der Waals surface area contributed by atoms with Crippen molar-refractivity contribution < 1.29 is 14.3 Å². The largest absolute Gasteiger partial charge is 0.493 e. The van der Waals surface area contributed by atoms with Crippen LogP contribution in [0.15, 0.2) is 52.6 Å². The van der Waals surface area contributed by atoms with E-state index in [0.29, 0.717) is 28.9 Å². The fraction of sp³-hybridized carbons (Fsp3) is 0.360. The van der Waals surface area contributed by atoms with Gasteiger partial charge in [-0.2, -0.15) is 0 Å². The van der Waals surface area contributed by atoms with Gasteiger partial charge in [0.2, 0.25) is 0 Å². The van der Waals surface area contributed by atoms with Crippen LogP contribution in [0.5, 0.6) is 11.5 Å². The first-order valence-electron chi connectivity index (χ1n) is 10.9. The van der Waals surface area contributed by atoms with Crippen LogP contribution in [0.2, 0.25) is 0 Å². The number of benzene rings is 2. The molecule has 2 aliphatic rings. The average Bonchev–Trinajstić information content (AvgIpc) is 3.02. The summed E-state index contributed by atoms with van der Waals surface area (Å²) < 4.78 is 12.4. The lowest BCUT2D eigenvalue weighted by Gasteiger charge is -2.30. The normalized spacial score (nSPS) is 18.5. The number of hydrogen-bond donors (Lipinski definition) is 0. The third-order valence-electron chi connectivity index (χ3n) is 6.01. The molecular weight excluding hydrogens is 488 g/mol. The summed E-state index contributed by atoms with van der Waals surface area (Å²) in [5.41, 5.74) is 2.49. The molecule has 0 atom stereocenters. The first-order valence-corrected chi connectivity index (χ1v) is 12.1. The van der Waals surface area contributed by atoms with Crippen molar-refractivity contribution in [2.45, 2.75) is 44.8 Å². The van der Waals surface area contributed by atoms with E-state index in [-0.39, 0.29) is 11.9 Å². The van der Waals surface area contributed by atoms with Gasteiger partial charge in [-0.1, -0.05) is 49.6 Å². The van der Waals surface area contributed by atoms with Gasteiger partial charge in [0.25, 0.3) is 5.91 Å². The maximum Gasteiger partial charge on any atom is 0.277 e. The molecule has 2 fully saturated rings. The number of likely N-dealkylation sites (N-methyl/N-ethyl adjacent to an activating group) is 1. The highest BCUT2D eigenvalue weighted by molar-refractivity contribution is 9.10. The summed E-state index contributed by atoms with van der Waals surface area (Å²) in [5.74, 6) is 1.20. The molecule has 1 saturated carbocycles. The number of methoxy groups -OCH3 is 1. The lowest BCUT2D eigenvalue weighted by atomic mass is 9.94. The number of carbonyl (C=O) groups excluding carboxylic acids is 1. The summed E-state index contributed by atoms with van der Waals surface area (Å²) >= 11 is 9.24. The van der Waals surface area contributed by atoms with Crippen molar-refractivity contribution in [1.82, 2.24) is 9.80 Å². The van der Waals surface area contributed by atoms with Gasteiger partial charge in [-0.25, -0.2) is 0 Å². The van der Waals surface area contributed by atoms with Crippen LogP contribution in [0, 0.1) is 0 Å². The van der Waals surface area contributed by atoms with Crippen LogP contribution in [0.4, 0.5) is 0 Å². The van der Waals surface area contributed by atoms with Crippen LogP contribution >= 0.6 is 28.1 Å². The van der Waals surface area contributed by atoms with Crippen LogP contribution in [-0.2, 0) is 11.4 Å². The van der Waals surface area contributed by atoms with E-state index in [4.69, 9.17) is 21.7 Å². The van der Waals surface area contributed by atoms with E-state index in [1.54, 1.807) is 7.11 Å². The van der Waals surface area contributed by atoms with Crippen molar-refractivity contribution in [3.05, 3.63) is 63.8 Å². The smallest absolute Gasteiger partial charge is 0.277 e. The Morgan fingerprint density at radius 3 is 2.56 bits per heavy atom. The molecule has 1 aliphatic heterocycles. The molecule has 7 heteroatoms. The molecule has 0 N–H and O–H groups in total. The zero-order valence-electron chi connectivity index (χ0n) is 18.3. The summed E-state index contributed by atoms with van der Waals surface area (Å²) in [6, 6.07) is 14.0. The van der Waals surface area contributed by atoms with E-state index < -0.39 is 0 Å². The van der Waals surface area contributed by atoms with Gasteiger partial charge in [0.15, 0.2) is 16.6 Å². The topological polar surface area (TPSA) is 42.0 Å². The van der Waals surface area contributed by atoms with E-state index in [1.807, 2.05) is 65.4 Å². The molecule has 4 rings (SSSR count). The van der Waals surface area contributed by atoms with Crippen molar-refractivity contribution in [3.63, 3.8) is 0 Å². The Morgan fingerprint density at radius 1 is 1.16 bits per heavy atom. The van der Waals surface area contributed by atoms with E-state index >= 15 is 0 Å². The number of halogens is 1. The maximum atomic E-state index is 13.3. The Bertz CT molecular complexity index is 1030. The molecule has 1 amide bonds. The highest BCUT2D eigenvalue weighted by Crippen LogP contribution is 2.38. The van der Waals surface area contributed by atoms with Crippen molar-refractivity contribution in [2.24, 2.45) is 0 Å². The van der Waals surface area contributed by atoms with E-state index in [1.165, 1.54) is 6.42 Å². The number of nitrogens with zero attached hydrogens (tertiary/aromatic N) is 2. The fourth-order valence-corrected chi connectivity index (χ4v) is 5.19. The standard InChI is InChI=1S/C25H27BrN2O3S/c1-27-21(24(29)28(25(27)32)19-11-7-4-8-12-19)14-18-13-20(26)23(22(15-18)30-2)31-16-17-9-5-3-6-10-17/h3,5-6,9-10,13-15,19H,4,7-8,11-12,16H2,1-2H3/b21-14-. The molecule has 1 saturated heterocycles. The van der Waals surface area contributed by atoms with Crippen LogP contribution in [0.1, 0.15) is 43.2 Å². The highest BCUT2D eigenvalue weighted by atomic mass is 79.9. The highest BCUT2D eigenvalue weighted by Gasteiger charge is 2.40. The summed E-state index contributed by atoms with van der Waals surface area (Å²) in [7, 11) is 3.47. The summed E-state index contributed by atoms with van der Waals surface area (Å²) in [4.78, 5) is 16.9. The van der Waals surface area contributed by atoms with Gasteiger partial charge in [-0.05, 0) is 70.3 Å². The number of thiocarbonyl (C=S) groups is 1. The first kappa shape index (κ1) is 22.8. The molecule has 2 aromatic carbocycles. The van der Waals surface area contributed by atoms with Crippen LogP contribution < -0.4 is 9.47 Å². The van der Waals surface area contributed by atoms with Crippen molar-refractivity contribution in [2.75, 3.05) is 14.2 Å².